The molecule has 1 aliphatic rings. The Bertz CT molecular complexity index is 1280. The van der Waals surface area contributed by atoms with Crippen molar-refractivity contribution in [3.63, 3.8) is 0 Å². The van der Waals surface area contributed by atoms with E-state index in [1.54, 1.807) is 19.2 Å². The molecule has 1 saturated heterocycles. The van der Waals surface area contributed by atoms with Crippen LogP contribution in [0.25, 0.3) is 0 Å². The molecule has 7 heteroatoms. The molecule has 1 heterocycles. The van der Waals surface area contributed by atoms with E-state index in [0.717, 1.165) is 23.3 Å². The maximum Gasteiger partial charge on any atom is 0.269 e. The van der Waals surface area contributed by atoms with Crippen molar-refractivity contribution in [1.82, 2.24) is 0 Å². The molecule has 1 fully saturated rings. The highest BCUT2D eigenvalue weighted by Crippen LogP contribution is 2.42. The molecule has 1 aliphatic heterocycles. The minimum Gasteiger partial charge on any atom is -0.497 e. The molecule has 0 aromatic heterocycles. The molecule has 0 radical (unpaired) electrons. The van der Waals surface area contributed by atoms with E-state index in [1.807, 2.05) is 72.8 Å². The second kappa shape index (κ2) is 10.9. The lowest BCUT2D eigenvalue weighted by Crippen LogP contribution is -2.30. The molecule has 1 atom stereocenters. The number of rotatable bonds is 7. The highest BCUT2D eigenvalue weighted by molar-refractivity contribution is 8.05. The maximum absolute atomic E-state index is 13.5. The Morgan fingerprint density at radius 1 is 1.03 bits per heavy atom. The topological polar surface area (TPSA) is 82.4 Å². The highest BCUT2D eigenvalue weighted by atomic mass is 32.2. The quantitative estimate of drug-likeness (QED) is 0.363. The van der Waals surface area contributed by atoms with Crippen molar-refractivity contribution in [3.05, 3.63) is 101 Å². The molecule has 0 saturated carbocycles. The summed E-state index contributed by atoms with van der Waals surface area (Å²) in [7, 11) is 1.60. The Hall–Kier alpha value is -4.02. The van der Waals surface area contributed by atoms with Crippen LogP contribution in [0.15, 0.2) is 89.5 Å². The van der Waals surface area contributed by atoms with Crippen molar-refractivity contribution >= 4 is 35.0 Å². The molecule has 1 N–H and O–H groups in total. The number of thioether (sulfide) groups is 1. The largest absolute Gasteiger partial charge is 0.497 e. The molecule has 0 bridgehead atoms. The standard InChI is InChI=1S/C28H25N3O3S/c1-3-19-9-13-21(14-10-19)30-26(32)24(18-29)28-31(22-7-5-4-6-8-22)27(33)25(35-28)17-20-11-15-23(34-2)16-12-20/h4-16,25H,3,17H2,1-2H3,(H,30,32)/b28-24-. The number of nitrogens with zero attached hydrogens (tertiary/aromatic N) is 2. The van der Waals surface area contributed by atoms with Crippen molar-refractivity contribution in [2.24, 2.45) is 0 Å². The van der Waals surface area contributed by atoms with Gasteiger partial charge in [-0.1, -0.05) is 61.2 Å². The van der Waals surface area contributed by atoms with Gasteiger partial charge in [-0.3, -0.25) is 14.5 Å². The predicted octanol–water partition coefficient (Wildman–Crippen LogP) is 5.32. The fourth-order valence-electron chi connectivity index (χ4n) is 3.79. The SMILES string of the molecule is CCc1ccc(NC(=O)/C(C#N)=C2\SC(Cc3ccc(OC)cc3)C(=O)N2c2ccccc2)cc1. The second-order valence-electron chi connectivity index (χ2n) is 7.96. The number of carbonyl (C=O) groups excluding carboxylic acids is 2. The average molecular weight is 484 g/mol. The summed E-state index contributed by atoms with van der Waals surface area (Å²) < 4.78 is 5.22. The van der Waals surface area contributed by atoms with Gasteiger partial charge in [0.2, 0.25) is 5.91 Å². The van der Waals surface area contributed by atoms with Crippen LogP contribution in [-0.4, -0.2) is 24.2 Å². The monoisotopic (exact) mass is 483 g/mol. The number of hydrogen-bond acceptors (Lipinski definition) is 5. The van der Waals surface area contributed by atoms with Crippen molar-refractivity contribution in [1.29, 1.82) is 5.26 Å². The highest BCUT2D eigenvalue weighted by Gasteiger charge is 2.40. The average Bonchev–Trinajstić information content (AvgIpc) is 3.21. The number of para-hydroxylation sites is 1. The third kappa shape index (κ3) is 5.39. The van der Waals surface area contributed by atoms with Gasteiger partial charge in [-0.2, -0.15) is 5.26 Å². The van der Waals surface area contributed by atoms with Crippen LogP contribution in [0.2, 0.25) is 0 Å². The third-order valence-corrected chi connectivity index (χ3v) is 6.98. The fourth-order valence-corrected chi connectivity index (χ4v) is 5.10. The number of amides is 2. The molecule has 3 aromatic carbocycles. The van der Waals surface area contributed by atoms with Crippen LogP contribution in [0.4, 0.5) is 11.4 Å². The zero-order chi connectivity index (χ0) is 24.8. The van der Waals surface area contributed by atoms with Gasteiger partial charge in [-0.25, -0.2) is 0 Å². The van der Waals surface area contributed by atoms with Gasteiger partial charge in [0.05, 0.1) is 12.4 Å². The van der Waals surface area contributed by atoms with Gasteiger partial charge in [0.15, 0.2) is 0 Å². The van der Waals surface area contributed by atoms with Crippen molar-refractivity contribution in [2.75, 3.05) is 17.3 Å². The molecule has 1 unspecified atom stereocenters. The van der Waals surface area contributed by atoms with E-state index in [1.165, 1.54) is 16.7 Å². The molecule has 0 spiro atoms. The molecule has 4 rings (SSSR count). The number of benzene rings is 3. The number of aryl methyl sites for hydroxylation is 1. The van der Waals surface area contributed by atoms with Crippen molar-refractivity contribution < 1.29 is 14.3 Å². The van der Waals surface area contributed by atoms with Crippen molar-refractivity contribution in [2.45, 2.75) is 25.0 Å². The third-order valence-electron chi connectivity index (χ3n) is 5.72. The molecular weight excluding hydrogens is 458 g/mol. The first-order valence-corrected chi connectivity index (χ1v) is 12.1. The normalized spacial score (nSPS) is 16.5. The van der Waals surface area contributed by atoms with Gasteiger partial charge in [0, 0.05) is 11.4 Å². The van der Waals surface area contributed by atoms with Crippen molar-refractivity contribution in [3.8, 4) is 11.8 Å². The summed E-state index contributed by atoms with van der Waals surface area (Å²) in [5, 5.41) is 12.6. The van der Waals surface area contributed by atoms with Crippen LogP contribution in [0.5, 0.6) is 5.75 Å². The van der Waals surface area contributed by atoms with Gasteiger partial charge in [0.25, 0.3) is 5.91 Å². The predicted molar refractivity (Wildman–Crippen MR) is 139 cm³/mol. The summed E-state index contributed by atoms with van der Waals surface area (Å²) in [6, 6.07) is 26.2. The van der Waals surface area contributed by atoms with E-state index in [-0.39, 0.29) is 11.5 Å². The van der Waals surface area contributed by atoms with E-state index in [2.05, 4.69) is 12.2 Å². The number of nitrogens with one attached hydrogen (secondary N) is 1. The Balaban J connectivity index is 1.66. The van der Waals surface area contributed by atoms with Crippen LogP contribution in [0.1, 0.15) is 18.1 Å². The van der Waals surface area contributed by atoms with Crippen LogP contribution in [0, 0.1) is 11.3 Å². The molecule has 2 amide bonds. The zero-order valence-electron chi connectivity index (χ0n) is 19.5. The summed E-state index contributed by atoms with van der Waals surface area (Å²) in [5.74, 6) is 0.0269. The number of carbonyl (C=O) groups is 2. The first-order valence-electron chi connectivity index (χ1n) is 11.3. The van der Waals surface area contributed by atoms with Gasteiger partial charge in [-0.05, 0) is 60.4 Å². The number of nitriles is 1. The van der Waals surface area contributed by atoms with Gasteiger partial charge in [-0.15, -0.1) is 0 Å². The Morgan fingerprint density at radius 2 is 1.69 bits per heavy atom. The summed E-state index contributed by atoms with van der Waals surface area (Å²) in [5.41, 5.74) is 3.23. The number of ether oxygens (including phenoxy) is 1. The summed E-state index contributed by atoms with van der Waals surface area (Å²) >= 11 is 1.25. The van der Waals surface area contributed by atoms with Gasteiger partial charge in [0.1, 0.15) is 22.4 Å². The number of anilines is 2. The zero-order valence-corrected chi connectivity index (χ0v) is 20.3. The number of methoxy groups -OCH3 is 1. The fraction of sp³-hybridized carbons (Fsp3) is 0.179. The van der Waals surface area contributed by atoms with Crippen LogP contribution in [-0.2, 0) is 22.4 Å². The van der Waals surface area contributed by atoms with E-state index < -0.39 is 11.2 Å². The first kappa shape index (κ1) is 24.1. The Labute approximate surface area is 209 Å². The lowest BCUT2D eigenvalue weighted by molar-refractivity contribution is -0.117. The van der Waals surface area contributed by atoms with Crippen LogP contribution in [0.3, 0.4) is 0 Å². The van der Waals surface area contributed by atoms with Crippen LogP contribution < -0.4 is 15.0 Å². The van der Waals surface area contributed by atoms with Gasteiger partial charge >= 0.3 is 0 Å². The molecule has 6 nitrogen and oxygen atoms in total. The van der Waals surface area contributed by atoms with E-state index in [0.29, 0.717) is 22.8 Å². The van der Waals surface area contributed by atoms with E-state index >= 15 is 0 Å². The molecule has 0 aliphatic carbocycles. The lowest BCUT2D eigenvalue weighted by atomic mass is 10.1. The van der Waals surface area contributed by atoms with E-state index in [9.17, 15) is 14.9 Å². The smallest absolute Gasteiger partial charge is 0.269 e. The maximum atomic E-state index is 13.5. The molecular formula is C28H25N3O3S. The summed E-state index contributed by atoms with van der Waals surface area (Å²) in [4.78, 5) is 28.2. The van der Waals surface area contributed by atoms with Crippen LogP contribution >= 0.6 is 11.8 Å². The first-order chi connectivity index (χ1) is 17.0. The Kier molecular flexibility index (Phi) is 7.54. The lowest BCUT2D eigenvalue weighted by Gasteiger charge is -2.18. The molecule has 35 heavy (non-hydrogen) atoms. The minimum atomic E-state index is -0.543. The minimum absolute atomic E-state index is 0.0935. The van der Waals surface area contributed by atoms with E-state index in [4.69, 9.17) is 4.74 Å². The summed E-state index contributed by atoms with van der Waals surface area (Å²) in [6.07, 6.45) is 1.35. The summed E-state index contributed by atoms with van der Waals surface area (Å²) in [6.45, 7) is 2.06. The second-order valence-corrected chi connectivity index (χ2v) is 9.16. The number of hydrogen-bond donors (Lipinski definition) is 1. The molecule has 3 aromatic rings. The van der Waals surface area contributed by atoms with Gasteiger partial charge < -0.3 is 10.1 Å². The Morgan fingerprint density at radius 3 is 2.29 bits per heavy atom. The molecule has 176 valence electrons.